The third kappa shape index (κ3) is 5.42. The topological polar surface area (TPSA) is 98.8 Å². The number of urea groups is 1. The Hall–Kier alpha value is -2.91. The van der Waals surface area contributed by atoms with Crippen LogP contribution in [0.25, 0.3) is 0 Å². The Morgan fingerprint density at radius 3 is 2.03 bits per heavy atom. The highest BCUT2D eigenvalue weighted by atomic mass is 32.2. The molecule has 9 heteroatoms. The van der Waals surface area contributed by atoms with Crippen LogP contribution in [-0.2, 0) is 9.84 Å². The molecule has 2 aromatic rings. The SMILES string of the molecule is O=C(Nc1ccccc1)Nc1ccc(C(=O)N2CCN(C3CCS(=O)(=O)C3)CC2)cc1. The van der Waals surface area contributed by atoms with Gasteiger partial charge in [0.25, 0.3) is 5.91 Å². The van der Waals surface area contributed by atoms with Crippen molar-refractivity contribution in [3.63, 3.8) is 0 Å². The van der Waals surface area contributed by atoms with E-state index in [1.54, 1.807) is 41.3 Å². The number of nitrogens with one attached hydrogen (secondary N) is 2. The Balaban J connectivity index is 1.28. The molecule has 0 bridgehead atoms. The Labute approximate surface area is 182 Å². The summed E-state index contributed by atoms with van der Waals surface area (Å²) in [5.41, 5.74) is 1.85. The third-order valence-corrected chi connectivity index (χ3v) is 7.50. The molecule has 2 N–H and O–H groups in total. The maximum absolute atomic E-state index is 12.8. The highest BCUT2D eigenvalue weighted by molar-refractivity contribution is 7.91. The van der Waals surface area contributed by atoms with E-state index in [0.29, 0.717) is 49.5 Å². The zero-order valence-corrected chi connectivity index (χ0v) is 18.0. The number of hydrogen-bond donors (Lipinski definition) is 2. The van der Waals surface area contributed by atoms with Gasteiger partial charge in [-0.15, -0.1) is 0 Å². The number of sulfone groups is 1. The third-order valence-electron chi connectivity index (χ3n) is 5.75. The van der Waals surface area contributed by atoms with Crippen LogP contribution in [0.3, 0.4) is 0 Å². The lowest BCUT2D eigenvalue weighted by Crippen LogP contribution is -2.52. The maximum atomic E-state index is 12.8. The summed E-state index contributed by atoms with van der Waals surface area (Å²) >= 11 is 0. The van der Waals surface area contributed by atoms with Crippen LogP contribution in [0.4, 0.5) is 16.2 Å². The molecule has 0 aliphatic carbocycles. The fourth-order valence-electron chi connectivity index (χ4n) is 4.05. The van der Waals surface area contributed by atoms with E-state index < -0.39 is 9.84 Å². The molecule has 0 aromatic heterocycles. The van der Waals surface area contributed by atoms with Crippen LogP contribution in [0.15, 0.2) is 54.6 Å². The van der Waals surface area contributed by atoms with Crippen molar-refractivity contribution in [1.82, 2.24) is 9.80 Å². The lowest BCUT2D eigenvalue weighted by Gasteiger charge is -2.37. The first-order valence-corrected chi connectivity index (χ1v) is 12.2. The van der Waals surface area contributed by atoms with E-state index in [1.807, 2.05) is 18.2 Å². The van der Waals surface area contributed by atoms with E-state index >= 15 is 0 Å². The van der Waals surface area contributed by atoms with Crippen LogP contribution in [0.1, 0.15) is 16.8 Å². The number of piperazine rings is 1. The maximum Gasteiger partial charge on any atom is 0.323 e. The highest BCUT2D eigenvalue weighted by Crippen LogP contribution is 2.20. The standard InChI is InChI=1S/C22H26N4O4S/c27-21(26-13-11-25(12-14-26)20-10-15-31(29,30)16-20)17-6-8-19(9-7-17)24-22(28)23-18-4-2-1-3-5-18/h1-9,20H,10-16H2,(H2,23,24,28). The van der Waals surface area contributed by atoms with Gasteiger partial charge in [0.2, 0.25) is 0 Å². The second-order valence-electron chi connectivity index (χ2n) is 7.91. The summed E-state index contributed by atoms with van der Waals surface area (Å²) in [6.45, 7) is 2.53. The summed E-state index contributed by atoms with van der Waals surface area (Å²) in [7, 11) is -2.90. The first kappa shape index (κ1) is 21.3. The van der Waals surface area contributed by atoms with Crippen molar-refractivity contribution < 1.29 is 18.0 Å². The number of carbonyl (C=O) groups excluding carboxylic acids is 2. The molecule has 1 unspecified atom stereocenters. The Morgan fingerprint density at radius 1 is 0.839 bits per heavy atom. The summed E-state index contributed by atoms with van der Waals surface area (Å²) < 4.78 is 23.4. The first-order chi connectivity index (χ1) is 14.9. The van der Waals surface area contributed by atoms with E-state index in [1.165, 1.54) is 0 Å². The lowest BCUT2D eigenvalue weighted by molar-refractivity contribution is 0.0588. The number of para-hydroxylation sites is 1. The quantitative estimate of drug-likeness (QED) is 0.757. The molecular formula is C22H26N4O4S. The molecule has 2 saturated heterocycles. The summed E-state index contributed by atoms with van der Waals surface area (Å²) in [6.07, 6.45) is 0.683. The molecule has 3 amide bonds. The zero-order chi connectivity index (χ0) is 21.8. The van der Waals surface area contributed by atoms with Gasteiger partial charge in [0, 0.05) is 49.2 Å². The van der Waals surface area contributed by atoms with Crippen LogP contribution < -0.4 is 10.6 Å². The molecule has 4 rings (SSSR count). The van der Waals surface area contributed by atoms with Gasteiger partial charge in [-0.3, -0.25) is 9.69 Å². The van der Waals surface area contributed by atoms with Crippen molar-refractivity contribution in [3.8, 4) is 0 Å². The summed E-state index contributed by atoms with van der Waals surface area (Å²) in [4.78, 5) is 28.9. The molecule has 2 aromatic carbocycles. The Kier molecular flexibility index (Phi) is 6.24. The van der Waals surface area contributed by atoms with Crippen molar-refractivity contribution in [1.29, 1.82) is 0 Å². The van der Waals surface area contributed by atoms with Crippen LogP contribution in [0.5, 0.6) is 0 Å². The number of hydrogen-bond acceptors (Lipinski definition) is 5. The van der Waals surface area contributed by atoms with E-state index in [-0.39, 0.29) is 29.5 Å². The second kappa shape index (κ2) is 9.07. The molecule has 164 valence electrons. The molecule has 2 heterocycles. The van der Waals surface area contributed by atoms with Gasteiger partial charge in [-0.1, -0.05) is 18.2 Å². The molecule has 8 nitrogen and oxygen atoms in total. The zero-order valence-electron chi connectivity index (χ0n) is 17.2. The van der Waals surface area contributed by atoms with Crippen molar-refractivity contribution in [2.24, 2.45) is 0 Å². The predicted molar refractivity (Wildman–Crippen MR) is 120 cm³/mol. The van der Waals surface area contributed by atoms with E-state index in [2.05, 4.69) is 15.5 Å². The van der Waals surface area contributed by atoms with Gasteiger partial charge in [0.15, 0.2) is 9.84 Å². The van der Waals surface area contributed by atoms with Crippen LogP contribution in [0, 0.1) is 0 Å². The van der Waals surface area contributed by atoms with Crippen molar-refractivity contribution in [2.75, 3.05) is 48.3 Å². The number of carbonyl (C=O) groups is 2. The average Bonchev–Trinajstić information content (AvgIpc) is 3.14. The minimum absolute atomic E-state index is 0.0565. The van der Waals surface area contributed by atoms with Crippen LogP contribution in [-0.4, -0.2) is 73.9 Å². The normalized spacial score (nSPS) is 20.9. The van der Waals surface area contributed by atoms with Crippen molar-refractivity contribution >= 4 is 33.2 Å². The second-order valence-corrected chi connectivity index (χ2v) is 10.1. The smallest absolute Gasteiger partial charge is 0.323 e. The predicted octanol–water partition coefficient (Wildman–Crippen LogP) is 2.28. The first-order valence-electron chi connectivity index (χ1n) is 10.4. The molecule has 0 saturated carbocycles. The Morgan fingerprint density at radius 2 is 1.45 bits per heavy atom. The summed E-state index contributed by atoms with van der Waals surface area (Å²) in [5, 5.41) is 5.49. The van der Waals surface area contributed by atoms with Crippen molar-refractivity contribution in [3.05, 3.63) is 60.2 Å². The molecule has 2 aliphatic rings. The van der Waals surface area contributed by atoms with Crippen molar-refractivity contribution in [2.45, 2.75) is 12.5 Å². The van der Waals surface area contributed by atoms with Gasteiger partial charge >= 0.3 is 6.03 Å². The molecule has 2 aliphatic heterocycles. The molecule has 2 fully saturated rings. The van der Waals surface area contributed by atoms with Crippen LogP contribution >= 0.6 is 0 Å². The van der Waals surface area contributed by atoms with E-state index in [0.717, 1.165) is 0 Å². The van der Waals surface area contributed by atoms with Gasteiger partial charge < -0.3 is 15.5 Å². The largest absolute Gasteiger partial charge is 0.336 e. The molecular weight excluding hydrogens is 416 g/mol. The highest BCUT2D eigenvalue weighted by Gasteiger charge is 2.34. The molecule has 31 heavy (non-hydrogen) atoms. The summed E-state index contributed by atoms with van der Waals surface area (Å²) in [6, 6.07) is 15.7. The van der Waals surface area contributed by atoms with Gasteiger partial charge in [0.1, 0.15) is 0 Å². The van der Waals surface area contributed by atoms with Gasteiger partial charge in [-0.05, 0) is 42.8 Å². The molecule has 0 spiro atoms. The number of rotatable bonds is 4. The van der Waals surface area contributed by atoms with Crippen LogP contribution in [0.2, 0.25) is 0 Å². The van der Waals surface area contributed by atoms with Gasteiger partial charge in [0.05, 0.1) is 11.5 Å². The average molecular weight is 443 g/mol. The summed E-state index contributed by atoms with van der Waals surface area (Å²) in [5.74, 6) is 0.437. The van der Waals surface area contributed by atoms with Gasteiger partial charge in [-0.2, -0.15) is 0 Å². The van der Waals surface area contributed by atoms with E-state index in [4.69, 9.17) is 0 Å². The molecule has 1 atom stereocenters. The van der Waals surface area contributed by atoms with Gasteiger partial charge in [-0.25, -0.2) is 13.2 Å². The fourth-order valence-corrected chi connectivity index (χ4v) is 5.81. The number of anilines is 2. The lowest BCUT2D eigenvalue weighted by atomic mass is 10.1. The minimum atomic E-state index is -2.90. The monoisotopic (exact) mass is 442 g/mol. The van der Waals surface area contributed by atoms with E-state index in [9.17, 15) is 18.0 Å². The molecule has 0 radical (unpaired) electrons. The number of benzene rings is 2. The number of amides is 3. The number of nitrogens with zero attached hydrogens (tertiary/aromatic N) is 2. The minimum Gasteiger partial charge on any atom is -0.336 e. The fraction of sp³-hybridized carbons (Fsp3) is 0.364. The Bertz CT molecular complexity index is 1030.